The van der Waals surface area contributed by atoms with Crippen molar-refractivity contribution in [2.45, 2.75) is 24.5 Å². The van der Waals surface area contributed by atoms with Crippen molar-refractivity contribution in [2.24, 2.45) is 0 Å². The second kappa shape index (κ2) is 6.67. The first-order valence-electron chi connectivity index (χ1n) is 7.18. The summed E-state index contributed by atoms with van der Waals surface area (Å²) in [4.78, 5) is 11.6. The number of nitrogens with one attached hydrogen (secondary N) is 1. The maximum Gasteiger partial charge on any atom is 0.387 e. The Balaban J connectivity index is 1.84. The lowest BCUT2D eigenvalue weighted by Crippen LogP contribution is -2.31. The van der Waals surface area contributed by atoms with Crippen LogP contribution in [0.15, 0.2) is 35.2 Å². The fourth-order valence-corrected chi connectivity index (χ4v) is 3.37. The summed E-state index contributed by atoms with van der Waals surface area (Å²) >= 11 is 0. The molecule has 0 bridgehead atoms. The monoisotopic (exact) mass is 373 g/mol. The molecule has 0 saturated heterocycles. The summed E-state index contributed by atoms with van der Waals surface area (Å²) in [7, 11) is -4.43. The highest BCUT2D eigenvalue weighted by atomic mass is 32.2. The molecule has 1 aliphatic heterocycles. The molecule has 11 heteroatoms. The number of sulfonamides is 1. The first-order valence-corrected chi connectivity index (χ1v) is 8.67. The molecule has 1 aromatic carbocycles. The van der Waals surface area contributed by atoms with Crippen LogP contribution in [0.4, 0.5) is 8.78 Å². The van der Waals surface area contributed by atoms with Gasteiger partial charge < -0.3 is 9.47 Å². The number of carbonyl (C=O) groups excluding carboxylic acids is 1. The molecule has 3 rings (SSSR count). The first kappa shape index (κ1) is 17.1. The van der Waals surface area contributed by atoms with E-state index >= 15 is 0 Å². The molecular formula is C14H13F2N3O5S. The third-order valence-electron chi connectivity index (χ3n) is 3.32. The summed E-state index contributed by atoms with van der Waals surface area (Å²) in [5.74, 6) is -1.21. The molecule has 0 aliphatic carbocycles. The Morgan fingerprint density at radius 3 is 2.84 bits per heavy atom. The number of fused-ring (bicyclic) bond motifs is 1. The minimum absolute atomic E-state index is 0.160. The van der Waals surface area contributed by atoms with E-state index in [-0.39, 0.29) is 5.69 Å². The van der Waals surface area contributed by atoms with E-state index < -0.39 is 33.2 Å². The summed E-state index contributed by atoms with van der Waals surface area (Å²) in [6.07, 6.45) is 0.715. The Morgan fingerprint density at radius 2 is 2.12 bits per heavy atom. The molecule has 2 heterocycles. The topological polar surface area (TPSA) is 99.5 Å². The van der Waals surface area contributed by atoms with Crippen LogP contribution >= 0.6 is 0 Å². The van der Waals surface area contributed by atoms with Crippen LogP contribution in [-0.4, -0.2) is 37.3 Å². The number of benzene rings is 1. The van der Waals surface area contributed by atoms with Gasteiger partial charge in [0.25, 0.3) is 15.9 Å². The molecule has 0 atom stereocenters. The van der Waals surface area contributed by atoms with E-state index in [0.717, 1.165) is 12.1 Å². The number of ether oxygens (including phenoxy) is 2. The van der Waals surface area contributed by atoms with Gasteiger partial charge in [-0.1, -0.05) is 12.1 Å². The first-order chi connectivity index (χ1) is 11.9. The molecule has 0 spiro atoms. The average Bonchev–Trinajstić information content (AvgIpc) is 2.98. The third-order valence-corrected chi connectivity index (χ3v) is 4.69. The summed E-state index contributed by atoms with van der Waals surface area (Å²) < 4.78 is 62.2. The number of hydrogen-bond acceptors (Lipinski definition) is 6. The van der Waals surface area contributed by atoms with Crippen molar-refractivity contribution in [3.8, 4) is 11.6 Å². The lowest BCUT2D eigenvalue weighted by atomic mass is 10.3. The summed E-state index contributed by atoms with van der Waals surface area (Å²) in [5.41, 5.74) is -0.160. The van der Waals surface area contributed by atoms with Crippen LogP contribution in [0.25, 0.3) is 0 Å². The highest BCUT2D eigenvalue weighted by Crippen LogP contribution is 2.25. The molecule has 0 fully saturated rings. The predicted molar refractivity (Wildman–Crippen MR) is 80.1 cm³/mol. The Labute approximate surface area is 141 Å². The van der Waals surface area contributed by atoms with E-state index in [4.69, 9.17) is 4.74 Å². The van der Waals surface area contributed by atoms with Gasteiger partial charge in [0.05, 0.1) is 6.61 Å². The van der Waals surface area contributed by atoms with Gasteiger partial charge in [-0.15, -0.1) is 0 Å². The fourth-order valence-electron chi connectivity index (χ4n) is 2.27. The van der Waals surface area contributed by atoms with Crippen molar-refractivity contribution < 1.29 is 31.5 Å². The van der Waals surface area contributed by atoms with Crippen molar-refractivity contribution in [1.82, 2.24) is 14.5 Å². The van der Waals surface area contributed by atoms with Gasteiger partial charge in [-0.2, -0.15) is 13.9 Å². The Morgan fingerprint density at radius 1 is 1.36 bits per heavy atom. The minimum Gasteiger partial charge on any atom is -0.478 e. The molecule has 1 amide bonds. The normalized spacial score (nSPS) is 13.9. The van der Waals surface area contributed by atoms with Gasteiger partial charge in [-0.25, -0.2) is 17.8 Å². The van der Waals surface area contributed by atoms with Crippen LogP contribution in [0, 0.1) is 0 Å². The zero-order valence-electron chi connectivity index (χ0n) is 12.7. The Hall–Kier alpha value is -2.69. The quantitative estimate of drug-likeness (QED) is 0.850. The zero-order valence-corrected chi connectivity index (χ0v) is 13.5. The molecular weight excluding hydrogens is 360 g/mol. The summed E-state index contributed by atoms with van der Waals surface area (Å²) in [6, 6.07) is 6.08. The third kappa shape index (κ3) is 3.71. The van der Waals surface area contributed by atoms with Gasteiger partial charge in [0.15, 0.2) is 5.69 Å². The van der Waals surface area contributed by atoms with Gasteiger partial charge in [0.1, 0.15) is 10.6 Å². The molecule has 0 radical (unpaired) electrons. The van der Waals surface area contributed by atoms with Gasteiger partial charge in [-0.3, -0.25) is 4.79 Å². The number of hydrogen-bond donors (Lipinski definition) is 1. The number of aryl methyl sites for hydroxylation is 1. The maximum atomic E-state index is 12.4. The van der Waals surface area contributed by atoms with E-state index in [1.807, 2.05) is 0 Å². The van der Waals surface area contributed by atoms with Crippen LogP contribution in [0.3, 0.4) is 0 Å². The molecule has 1 N–H and O–H groups in total. The van der Waals surface area contributed by atoms with Crippen LogP contribution < -0.4 is 14.2 Å². The lowest BCUT2D eigenvalue weighted by Gasteiger charge is -2.13. The van der Waals surface area contributed by atoms with Crippen LogP contribution in [0.5, 0.6) is 11.6 Å². The molecule has 1 aromatic heterocycles. The van der Waals surface area contributed by atoms with Gasteiger partial charge in [-0.05, 0) is 12.1 Å². The maximum absolute atomic E-state index is 12.4. The Kier molecular flexibility index (Phi) is 4.57. The second-order valence-corrected chi connectivity index (χ2v) is 6.70. The van der Waals surface area contributed by atoms with Gasteiger partial charge >= 0.3 is 6.61 Å². The minimum atomic E-state index is -4.43. The van der Waals surface area contributed by atoms with Crippen LogP contribution in [-0.2, 0) is 16.6 Å². The zero-order chi connectivity index (χ0) is 18.0. The molecule has 134 valence electrons. The van der Waals surface area contributed by atoms with Crippen molar-refractivity contribution in [3.05, 3.63) is 36.0 Å². The average molecular weight is 373 g/mol. The van der Waals surface area contributed by atoms with Gasteiger partial charge in [0, 0.05) is 19.0 Å². The number of nitrogens with zero attached hydrogens (tertiary/aromatic N) is 2. The molecule has 25 heavy (non-hydrogen) atoms. The lowest BCUT2D eigenvalue weighted by molar-refractivity contribution is -0.0517. The van der Waals surface area contributed by atoms with Crippen LogP contribution in [0.2, 0.25) is 0 Å². The second-order valence-electron chi connectivity index (χ2n) is 5.05. The van der Waals surface area contributed by atoms with E-state index in [2.05, 4.69) is 9.84 Å². The summed E-state index contributed by atoms with van der Waals surface area (Å²) in [6.45, 7) is -2.19. The standard InChI is InChI=1S/C14H13F2N3O5S/c15-14(16)24-10-4-1-2-5-11(10)25(21,22)18-13(20)9-8-12-19(17-9)6-3-7-23-12/h1-2,4-5,8,14H,3,6-7H2,(H,18,20). The highest BCUT2D eigenvalue weighted by molar-refractivity contribution is 7.90. The van der Waals surface area contributed by atoms with Gasteiger partial charge in [0.2, 0.25) is 5.88 Å². The fraction of sp³-hybridized carbons (Fsp3) is 0.286. The molecule has 0 unspecified atom stereocenters. The van der Waals surface area contributed by atoms with Crippen molar-refractivity contribution in [1.29, 1.82) is 0 Å². The number of alkyl halides is 2. The SMILES string of the molecule is O=C(NS(=O)(=O)c1ccccc1OC(F)F)c1cc2n(n1)CCCO2. The number of carbonyl (C=O) groups is 1. The van der Waals surface area contributed by atoms with Crippen molar-refractivity contribution in [2.75, 3.05) is 6.61 Å². The number of amides is 1. The van der Waals surface area contributed by atoms with Crippen molar-refractivity contribution in [3.63, 3.8) is 0 Å². The predicted octanol–water partition coefficient (Wildman–Crippen LogP) is 1.39. The molecule has 8 nitrogen and oxygen atoms in total. The Bertz CT molecular complexity index is 874. The number of para-hydroxylation sites is 1. The van der Waals surface area contributed by atoms with Crippen LogP contribution in [0.1, 0.15) is 16.9 Å². The number of aromatic nitrogens is 2. The van der Waals surface area contributed by atoms with E-state index in [1.54, 1.807) is 4.72 Å². The largest absolute Gasteiger partial charge is 0.478 e. The molecule has 0 saturated carbocycles. The van der Waals surface area contributed by atoms with E-state index in [1.165, 1.54) is 22.9 Å². The highest BCUT2D eigenvalue weighted by Gasteiger charge is 2.26. The smallest absolute Gasteiger partial charge is 0.387 e. The van der Waals surface area contributed by atoms with E-state index in [0.29, 0.717) is 25.5 Å². The molecule has 1 aliphatic rings. The number of rotatable bonds is 5. The van der Waals surface area contributed by atoms with Crippen molar-refractivity contribution >= 4 is 15.9 Å². The van der Waals surface area contributed by atoms with E-state index in [9.17, 15) is 22.0 Å². The molecule has 2 aromatic rings. The summed E-state index contributed by atoms with van der Waals surface area (Å²) in [5, 5.41) is 3.96. The number of halogens is 2.